The predicted molar refractivity (Wildman–Crippen MR) is 52.3 cm³/mol. The molecule has 1 atom stereocenters. The van der Waals surface area contributed by atoms with E-state index < -0.39 is 11.9 Å². The number of aldehydes is 1. The van der Waals surface area contributed by atoms with E-state index >= 15 is 0 Å². The van der Waals surface area contributed by atoms with E-state index in [-0.39, 0.29) is 18.8 Å². The fourth-order valence-corrected chi connectivity index (χ4v) is 1.20. The Balaban J connectivity index is 3.66. The van der Waals surface area contributed by atoms with Crippen molar-refractivity contribution < 1.29 is 24.2 Å². The summed E-state index contributed by atoms with van der Waals surface area (Å²) in [4.78, 5) is 31.6. The molecule has 0 radical (unpaired) electrons. The molecule has 0 saturated carbocycles. The predicted octanol–water partition coefficient (Wildman–Crippen LogP) is 1.01. The van der Waals surface area contributed by atoms with Crippen LogP contribution in [0.4, 0.5) is 0 Å². The Bertz CT molecular complexity index is 224. The summed E-state index contributed by atoms with van der Waals surface area (Å²) >= 11 is 0. The standard InChI is InChI=1S/C10H16O5/c1-15-10(14)6-8(7-11)4-2-3-5-9(12)13/h7-8H,2-6H2,1H3,(H,12,13). The number of methoxy groups -OCH3 is 1. The molecule has 0 saturated heterocycles. The summed E-state index contributed by atoms with van der Waals surface area (Å²) in [6, 6.07) is 0. The quantitative estimate of drug-likeness (QED) is 0.372. The van der Waals surface area contributed by atoms with E-state index in [1.165, 1.54) is 7.11 Å². The maximum atomic E-state index is 10.8. The average molecular weight is 216 g/mol. The van der Waals surface area contributed by atoms with Gasteiger partial charge in [-0.05, 0) is 12.8 Å². The number of carbonyl (C=O) groups is 3. The van der Waals surface area contributed by atoms with Crippen molar-refractivity contribution in [2.75, 3.05) is 7.11 Å². The second kappa shape index (κ2) is 7.96. The lowest BCUT2D eigenvalue weighted by Crippen LogP contribution is -2.11. The number of hydrogen-bond donors (Lipinski definition) is 1. The molecule has 0 aliphatic carbocycles. The van der Waals surface area contributed by atoms with Gasteiger partial charge in [-0.25, -0.2) is 0 Å². The minimum absolute atomic E-state index is 0.0765. The lowest BCUT2D eigenvalue weighted by atomic mass is 9.99. The van der Waals surface area contributed by atoms with Crippen molar-refractivity contribution in [3.8, 4) is 0 Å². The third-order valence-corrected chi connectivity index (χ3v) is 2.06. The van der Waals surface area contributed by atoms with Crippen molar-refractivity contribution >= 4 is 18.2 Å². The second-order valence-electron chi connectivity index (χ2n) is 3.32. The van der Waals surface area contributed by atoms with Crippen molar-refractivity contribution in [1.82, 2.24) is 0 Å². The van der Waals surface area contributed by atoms with Crippen molar-refractivity contribution in [2.24, 2.45) is 5.92 Å². The van der Waals surface area contributed by atoms with Gasteiger partial charge in [0.2, 0.25) is 0 Å². The maximum absolute atomic E-state index is 10.8. The van der Waals surface area contributed by atoms with Gasteiger partial charge in [-0.3, -0.25) is 9.59 Å². The molecule has 0 aromatic rings. The zero-order valence-corrected chi connectivity index (χ0v) is 8.77. The lowest BCUT2D eigenvalue weighted by molar-refractivity contribution is -0.143. The largest absolute Gasteiger partial charge is 0.481 e. The van der Waals surface area contributed by atoms with E-state index in [4.69, 9.17) is 5.11 Å². The van der Waals surface area contributed by atoms with E-state index in [1.807, 2.05) is 0 Å². The normalized spacial score (nSPS) is 11.8. The Kier molecular flexibility index (Phi) is 7.23. The molecule has 0 rings (SSSR count). The number of unbranched alkanes of at least 4 members (excludes halogenated alkanes) is 1. The highest BCUT2D eigenvalue weighted by molar-refractivity contribution is 5.73. The van der Waals surface area contributed by atoms with E-state index in [1.54, 1.807) is 0 Å². The van der Waals surface area contributed by atoms with Crippen LogP contribution in [0.1, 0.15) is 32.1 Å². The molecule has 0 fully saturated rings. The zero-order valence-electron chi connectivity index (χ0n) is 8.77. The smallest absolute Gasteiger partial charge is 0.306 e. The van der Waals surface area contributed by atoms with Crippen LogP contribution in [0.25, 0.3) is 0 Å². The van der Waals surface area contributed by atoms with E-state index in [9.17, 15) is 14.4 Å². The summed E-state index contributed by atoms with van der Waals surface area (Å²) in [6.07, 6.45) is 2.59. The van der Waals surface area contributed by atoms with Gasteiger partial charge in [-0.1, -0.05) is 6.42 Å². The van der Waals surface area contributed by atoms with Gasteiger partial charge in [-0.15, -0.1) is 0 Å². The Morgan fingerprint density at radius 3 is 2.53 bits per heavy atom. The number of carbonyl (C=O) groups excluding carboxylic acids is 2. The molecular weight excluding hydrogens is 200 g/mol. The third-order valence-electron chi connectivity index (χ3n) is 2.06. The van der Waals surface area contributed by atoms with Gasteiger partial charge in [0.1, 0.15) is 6.29 Å². The summed E-state index contributed by atoms with van der Waals surface area (Å²) in [5.74, 6) is -1.61. The molecule has 0 bridgehead atoms. The van der Waals surface area contributed by atoms with Gasteiger partial charge in [0.25, 0.3) is 0 Å². The highest BCUT2D eigenvalue weighted by Gasteiger charge is 2.13. The summed E-state index contributed by atoms with van der Waals surface area (Å²) in [6.45, 7) is 0. The second-order valence-corrected chi connectivity index (χ2v) is 3.32. The molecule has 0 amide bonds. The SMILES string of the molecule is COC(=O)CC(C=O)CCCCC(=O)O. The van der Waals surface area contributed by atoms with Crippen molar-refractivity contribution in [2.45, 2.75) is 32.1 Å². The van der Waals surface area contributed by atoms with E-state index in [0.29, 0.717) is 19.3 Å². The number of ether oxygens (including phenoxy) is 1. The van der Waals surface area contributed by atoms with Crippen LogP contribution in [-0.4, -0.2) is 30.4 Å². The van der Waals surface area contributed by atoms with Crippen LogP contribution in [0, 0.1) is 5.92 Å². The van der Waals surface area contributed by atoms with Crippen LogP contribution in [0.3, 0.4) is 0 Å². The maximum Gasteiger partial charge on any atom is 0.306 e. The van der Waals surface area contributed by atoms with Crippen LogP contribution in [0.15, 0.2) is 0 Å². The zero-order chi connectivity index (χ0) is 11.7. The first-order valence-corrected chi connectivity index (χ1v) is 4.84. The van der Waals surface area contributed by atoms with Gasteiger partial charge < -0.3 is 14.6 Å². The Morgan fingerprint density at radius 1 is 1.40 bits per heavy atom. The van der Waals surface area contributed by atoms with Crippen molar-refractivity contribution in [1.29, 1.82) is 0 Å². The fraction of sp³-hybridized carbons (Fsp3) is 0.700. The molecule has 1 N–H and O–H groups in total. The highest BCUT2D eigenvalue weighted by atomic mass is 16.5. The van der Waals surface area contributed by atoms with Crippen LogP contribution in [0.2, 0.25) is 0 Å². The van der Waals surface area contributed by atoms with Crippen LogP contribution < -0.4 is 0 Å². The number of carboxylic acids is 1. The van der Waals surface area contributed by atoms with E-state index in [2.05, 4.69) is 4.74 Å². The van der Waals surface area contributed by atoms with Crippen molar-refractivity contribution in [3.63, 3.8) is 0 Å². The number of esters is 1. The summed E-state index contributed by atoms with van der Waals surface area (Å²) < 4.78 is 4.44. The third kappa shape index (κ3) is 7.66. The molecule has 0 aromatic heterocycles. The van der Waals surface area contributed by atoms with Gasteiger partial charge in [0.15, 0.2) is 0 Å². The monoisotopic (exact) mass is 216 g/mol. The molecule has 0 aliphatic rings. The van der Waals surface area contributed by atoms with Crippen molar-refractivity contribution in [3.05, 3.63) is 0 Å². The topological polar surface area (TPSA) is 80.7 Å². The molecule has 1 unspecified atom stereocenters. The summed E-state index contributed by atoms with van der Waals surface area (Å²) in [5.41, 5.74) is 0. The van der Waals surface area contributed by atoms with Gasteiger partial charge >= 0.3 is 11.9 Å². The van der Waals surface area contributed by atoms with E-state index in [0.717, 1.165) is 6.29 Å². The minimum atomic E-state index is -0.842. The number of hydrogen-bond acceptors (Lipinski definition) is 4. The van der Waals surface area contributed by atoms with Crippen LogP contribution in [-0.2, 0) is 19.1 Å². The number of carboxylic acid groups (broad SMARTS) is 1. The Morgan fingerprint density at radius 2 is 2.07 bits per heavy atom. The minimum Gasteiger partial charge on any atom is -0.481 e. The first kappa shape index (κ1) is 13.6. The molecule has 0 heterocycles. The van der Waals surface area contributed by atoms with Crippen LogP contribution in [0.5, 0.6) is 0 Å². The lowest BCUT2D eigenvalue weighted by Gasteiger charge is -2.07. The fourth-order valence-electron chi connectivity index (χ4n) is 1.20. The Labute approximate surface area is 88.4 Å². The molecular formula is C10H16O5. The first-order chi connectivity index (χ1) is 7.10. The Hall–Kier alpha value is -1.39. The molecule has 15 heavy (non-hydrogen) atoms. The molecule has 0 spiro atoms. The molecule has 5 heteroatoms. The number of aliphatic carboxylic acids is 1. The number of rotatable bonds is 8. The summed E-state index contributed by atoms with van der Waals surface area (Å²) in [5, 5.41) is 8.38. The van der Waals surface area contributed by atoms with Gasteiger partial charge in [-0.2, -0.15) is 0 Å². The first-order valence-electron chi connectivity index (χ1n) is 4.84. The molecule has 0 aromatic carbocycles. The molecule has 86 valence electrons. The molecule has 0 aliphatic heterocycles. The van der Waals surface area contributed by atoms with Gasteiger partial charge in [0.05, 0.1) is 13.5 Å². The van der Waals surface area contributed by atoms with Gasteiger partial charge in [0, 0.05) is 12.3 Å². The highest BCUT2D eigenvalue weighted by Crippen LogP contribution is 2.12. The summed E-state index contributed by atoms with van der Waals surface area (Å²) in [7, 11) is 1.27. The van der Waals surface area contributed by atoms with Crippen LogP contribution >= 0.6 is 0 Å². The molecule has 5 nitrogen and oxygen atoms in total. The average Bonchev–Trinajstić information content (AvgIpc) is 2.21.